The van der Waals surface area contributed by atoms with Crippen LogP contribution < -0.4 is 26.2 Å². The van der Waals surface area contributed by atoms with Crippen LogP contribution in [0.4, 0.5) is 34.1 Å². The molecule has 0 N–H and O–H groups in total. The van der Waals surface area contributed by atoms with Crippen LogP contribution in [0.5, 0.6) is 0 Å². The van der Waals surface area contributed by atoms with E-state index in [0.29, 0.717) is 5.92 Å². The fourth-order valence-corrected chi connectivity index (χ4v) is 15.8. The second-order valence-corrected chi connectivity index (χ2v) is 27.4. The van der Waals surface area contributed by atoms with Crippen molar-refractivity contribution >= 4 is 88.7 Å². The Balaban J connectivity index is 1.21. The summed E-state index contributed by atoms with van der Waals surface area (Å²) < 4.78 is 2.72. The summed E-state index contributed by atoms with van der Waals surface area (Å²) >= 11 is 1.96. The van der Waals surface area contributed by atoms with E-state index in [1.165, 1.54) is 171 Å². The molecule has 7 aromatic carbocycles. The highest BCUT2D eigenvalue weighted by atomic mass is 32.1. The maximum absolute atomic E-state index is 2.81. The summed E-state index contributed by atoms with van der Waals surface area (Å²) in [4.78, 5) is 5.57. The second kappa shape index (κ2) is 15.5. The number of rotatable bonds is 3. The first-order valence-corrected chi connectivity index (χ1v) is 28.3. The Bertz CT molecular complexity index is 3600. The predicted octanol–water partition coefficient (Wildman–Crippen LogP) is 17.4. The first-order valence-electron chi connectivity index (χ1n) is 27.4. The average molecular weight is 961 g/mol. The highest BCUT2D eigenvalue weighted by molar-refractivity contribution is 7.26. The number of fused-ring (bicyclic) bond motifs is 11. The molecule has 0 saturated heterocycles. The van der Waals surface area contributed by atoms with E-state index in [-0.39, 0.29) is 33.8 Å². The summed E-state index contributed by atoms with van der Waals surface area (Å²) in [6.07, 6.45) is 8.79. The van der Waals surface area contributed by atoms with Gasteiger partial charge in [-0.25, -0.2) is 0 Å². The summed E-state index contributed by atoms with van der Waals surface area (Å²) in [5.74, 6) is 0.512. The zero-order chi connectivity index (χ0) is 50.2. The first kappa shape index (κ1) is 46.2. The lowest BCUT2D eigenvalue weighted by molar-refractivity contribution is 0.332. The number of nitrogens with zero attached hydrogens (tertiary/aromatic N) is 2. The first-order chi connectivity index (χ1) is 34.2. The molecular formula is C68H73BN2S. The zero-order valence-corrected chi connectivity index (χ0v) is 46.2. The van der Waals surface area contributed by atoms with E-state index in [2.05, 4.69) is 215 Å². The molecular weight excluding hydrogens is 888 g/mol. The molecule has 0 unspecified atom stereocenters. The Morgan fingerprint density at radius 3 is 1.78 bits per heavy atom. The van der Waals surface area contributed by atoms with Crippen molar-refractivity contribution in [2.45, 2.75) is 168 Å². The summed E-state index contributed by atoms with van der Waals surface area (Å²) in [6, 6.07) is 47.0. The molecule has 1 fully saturated rings. The van der Waals surface area contributed by atoms with E-state index >= 15 is 0 Å². The summed E-state index contributed by atoms with van der Waals surface area (Å²) in [6.45, 7) is 31.8. The van der Waals surface area contributed by atoms with Gasteiger partial charge >= 0.3 is 0 Å². The lowest BCUT2D eigenvalue weighted by Gasteiger charge is -2.49. The molecule has 2 aliphatic heterocycles. The molecule has 4 heteroatoms. The maximum Gasteiger partial charge on any atom is 0.252 e. The van der Waals surface area contributed by atoms with Gasteiger partial charge in [-0.2, -0.15) is 0 Å². The van der Waals surface area contributed by atoms with Crippen molar-refractivity contribution in [3.05, 3.63) is 171 Å². The molecule has 13 rings (SSSR count). The molecule has 1 aromatic heterocycles. The minimum absolute atomic E-state index is 0.0109. The molecule has 0 bridgehead atoms. The Morgan fingerprint density at radius 1 is 0.514 bits per heavy atom. The highest BCUT2D eigenvalue weighted by Crippen LogP contribution is 2.56. The summed E-state index contributed by atoms with van der Waals surface area (Å²) in [5, 5.41) is 2.77. The third-order valence-corrected chi connectivity index (χ3v) is 20.3. The maximum atomic E-state index is 2.81. The Kier molecular flexibility index (Phi) is 9.94. The van der Waals surface area contributed by atoms with Gasteiger partial charge in [-0.1, -0.05) is 162 Å². The molecule has 1 saturated carbocycles. The van der Waals surface area contributed by atoms with Crippen molar-refractivity contribution in [1.29, 1.82) is 0 Å². The molecule has 3 heterocycles. The van der Waals surface area contributed by atoms with E-state index in [1.807, 2.05) is 11.3 Å². The van der Waals surface area contributed by atoms with E-state index in [1.54, 1.807) is 0 Å². The number of hydrogen-bond donors (Lipinski definition) is 0. The van der Waals surface area contributed by atoms with Gasteiger partial charge in [-0.15, -0.1) is 11.3 Å². The zero-order valence-electron chi connectivity index (χ0n) is 45.4. The quantitative estimate of drug-likeness (QED) is 0.163. The van der Waals surface area contributed by atoms with E-state index < -0.39 is 0 Å². The summed E-state index contributed by atoms with van der Waals surface area (Å²) in [5.41, 5.74) is 26.5. The number of anilines is 6. The van der Waals surface area contributed by atoms with Crippen LogP contribution in [-0.4, -0.2) is 6.71 Å². The van der Waals surface area contributed by atoms with Crippen LogP contribution in [0.1, 0.15) is 183 Å². The van der Waals surface area contributed by atoms with Crippen LogP contribution in [-0.2, 0) is 27.1 Å². The van der Waals surface area contributed by atoms with Crippen molar-refractivity contribution in [1.82, 2.24) is 0 Å². The number of thiophene rings is 1. The number of para-hydroxylation sites is 1. The highest BCUT2D eigenvalue weighted by Gasteiger charge is 2.49. The molecule has 364 valence electrons. The SMILES string of the molecule is Cc1cc2c(cc1N1c3cc4c(cc3B3c5ccc6sc7ccc(C(C)(C)C)cc7c6c5N(c5ccccc5C)c5cc(C6CCCCC6)cc1c53)C(C)(C)c1ccccc1C4(C)C)C(C)(C)CCC2(C)C. The largest absolute Gasteiger partial charge is 0.311 e. The number of hydrogen-bond acceptors (Lipinski definition) is 3. The van der Waals surface area contributed by atoms with Crippen molar-refractivity contribution in [2.75, 3.05) is 9.80 Å². The fourth-order valence-electron chi connectivity index (χ4n) is 14.7. The Hall–Kier alpha value is -5.58. The molecule has 0 atom stereocenters. The van der Waals surface area contributed by atoms with Gasteiger partial charge in [-0.3, -0.25) is 0 Å². The van der Waals surface area contributed by atoms with Gasteiger partial charge in [-0.05, 0) is 182 Å². The van der Waals surface area contributed by atoms with E-state index in [0.717, 1.165) is 0 Å². The topological polar surface area (TPSA) is 6.48 Å². The third-order valence-electron chi connectivity index (χ3n) is 19.2. The van der Waals surface area contributed by atoms with Gasteiger partial charge in [0.1, 0.15) is 0 Å². The smallest absolute Gasteiger partial charge is 0.252 e. The minimum Gasteiger partial charge on any atom is -0.311 e. The molecule has 3 aliphatic carbocycles. The van der Waals surface area contributed by atoms with Crippen LogP contribution >= 0.6 is 11.3 Å². The molecule has 2 nitrogen and oxygen atoms in total. The molecule has 0 radical (unpaired) electrons. The van der Waals surface area contributed by atoms with Crippen LogP contribution in [0.2, 0.25) is 0 Å². The molecule has 0 amide bonds. The standard InChI is InChI=1S/C68H73BN2S/c1-40-21-17-20-26-54(40)71-58-35-43(42-22-15-14-16-23-42)34-57-62(58)69(52-28-30-60-61(63(52)71)45-36-44(64(3,4)5)27-29-59(45)72-60)53-37-50-51(68(12,13)47-25-19-18-24-46(47)67(50,10)11)39-56(53)70(57)55-38-49-48(33-41(55)2)65(6,7)31-32-66(49,8)9/h17-21,24-30,33-39,42H,14-16,22-23,31-32H2,1-13H3. The third kappa shape index (κ3) is 6.52. The van der Waals surface area contributed by atoms with Gasteiger partial charge in [0.15, 0.2) is 0 Å². The van der Waals surface area contributed by atoms with Gasteiger partial charge in [0, 0.05) is 59.4 Å². The molecule has 5 aliphatic rings. The van der Waals surface area contributed by atoms with E-state index in [9.17, 15) is 0 Å². The molecule has 0 spiro atoms. The minimum atomic E-state index is -0.201. The number of benzene rings is 7. The van der Waals surface area contributed by atoms with Gasteiger partial charge < -0.3 is 9.80 Å². The molecule has 8 aromatic rings. The van der Waals surface area contributed by atoms with Crippen LogP contribution in [0.3, 0.4) is 0 Å². The van der Waals surface area contributed by atoms with Crippen LogP contribution in [0.25, 0.3) is 20.2 Å². The monoisotopic (exact) mass is 961 g/mol. The van der Waals surface area contributed by atoms with Gasteiger partial charge in [0.25, 0.3) is 6.71 Å². The summed E-state index contributed by atoms with van der Waals surface area (Å²) in [7, 11) is 0. The van der Waals surface area contributed by atoms with Crippen molar-refractivity contribution in [3.8, 4) is 0 Å². The van der Waals surface area contributed by atoms with Gasteiger partial charge in [0.2, 0.25) is 0 Å². The van der Waals surface area contributed by atoms with Crippen molar-refractivity contribution < 1.29 is 0 Å². The fraction of sp³-hybridized carbons (Fsp3) is 0.382. The lowest BCUT2D eigenvalue weighted by Crippen LogP contribution is -2.62. The van der Waals surface area contributed by atoms with Crippen LogP contribution in [0.15, 0.2) is 115 Å². The number of aryl methyl sites for hydroxylation is 2. The normalized spacial score (nSPS) is 19.1. The average Bonchev–Trinajstić information content (AvgIpc) is 3.73. The van der Waals surface area contributed by atoms with Crippen molar-refractivity contribution in [3.63, 3.8) is 0 Å². The Labute approximate surface area is 435 Å². The van der Waals surface area contributed by atoms with Crippen molar-refractivity contribution in [2.24, 2.45) is 0 Å². The predicted molar refractivity (Wildman–Crippen MR) is 313 cm³/mol. The second-order valence-electron chi connectivity index (χ2n) is 26.3. The lowest BCUT2D eigenvalue weighted by atomic mass is 9.33. The van der Waals surface area contributed by atoms with Crippen LogP contribution in [0, 0.1) is 13.8 Å². The Morgan fingerprint density at radius 2 is 1.11 bits per heavy atom. The van der Waals surface area contributed by atoms with Gasteiger partial charge in [0.05, 0.1) is 5.69 Å². The van der Waals surface area contributed by atoms with E-state index in [4.69, 9.17) is 0 Å². The molecule has 72 heavy (non-hydrogen) atoms.